The molecule has 0 bridgehead atoms. The highest BCUT2D eigenvalue weighted by Crippen LogP contribution is 2.22. The highest BCUT2D eigenvalue weighted by molar-refractivity contribution is 6.31. The van der Waals surface area contributed by atoms with Gasteiger partial charge < -0.3 is 16.0 Å². The first kappa shape index (κ1) is 14.3. The summed E-state index contributed by atoms with van der Waals surface area (Å²) in [5, 5.41) is 10.1. The van der Waals surface area contributed by atoms with Gasteiger partial charge in [-0.05, 0) is 44.5 Å². The third kappa shape index (κ3) is 3.69. The van der Waals surface area contributed by atoms with Gasteiger partial charge in [0.25, 0.3) is 0 Å². The van der Waals surface area contributed by atoms with Crippen LogP contribution in [0.5, 0.6) is 0 Å². The third-order valence-electron chi connectivity index (χ3n) is 3.59. The maximum absolute atomic E-state index is 11.9. The highest BCUT2D eigenvalue weighted by atomic mass is 35.5. The number of rotatable bonds is 4. The Labute approximate surface area is 118 Å². The maximum Gasteiger partial charge on any atom is 0.238 e. The van der Waals surface area contributed by atoms with Crippen molar-refractivity contribution in [1.29, 1.82) is 0 Å². The van der Waals surface area contributed by atoms with E-state index in [0.29, 0.717) is 11.6 Å². The lowest BCUT2D eigenvalue weighted by atomic mass is 10.0. The van der Waals surface area contributed by atoms with Crippen molar-refractivity contribution in [3.63, 3.8) is 0 Å². The molecule has 1 unspecified atom stereocenters. The normalized spacial score (nSPS) is 22.5. The Bertz CT molecular complexity index is 470. The van der Waals surface area contributed by atoms with Crippen LogP contribution < -0.4 is 16.0 Å². The lowest BCUT2D eigenvalue weighted by Gasteiger charge is -2.24. The Morgan fingerprint density at radius 2 is 2.32 bits per heavy atom. The molecule has 19 heavy (non-hydrogen) atoms. The van der Waals surface area contributed by atoms with Gasteiger partial charge in [-0.25, -0.2) is 0 Å². The molecule has 1 saturated heterocycles. The monoisotopic (exact) mass is 281 g/mol. The molecule has 1 atom stereocenters. The summed E-state index contributed by atoms with van der Waals surface area (Å²) < 4.78 is 0. The van der Waals surface area contributed by atoms with Crippen molar-refractivity contribution < 1.29 is 4.79 Å². The summed E-state index contributed by atoms with van der Waals surface area (Å²) in [5.41, 5.74) is 1.68. The Balaban J connectivity index is 1.89. The van der Waals surface area contributed by atoms with Crippen LogP contribution in [-0.2, 0) is 4.79 Å². The first-order valence-electron chi connectivity index (χ1n) is 6.51. The molecule has 0 aliphatic carbocycles. The molecule has 0 spiro atoms. The zero-order valence-corrected chi connectivity index (χ0v) is 12.1. The summed E-state index contributed by atoms with van der Waals surface area (Å²) in [7, 11) is 0. The summed E-state index contributed by atoms with van der Waals surface area (Å²) >= 11 is 6.02. The van der Waals surface area contributed by atoms with E-state index in [1.165, 1.54) is 0 Å². The van der Waals surface area contributed by atoms with E-state index in [1.54, 1.807) is 0 Å². The van der Waals surface area contributed by atoms with Gasteiger partial charge in [0.05, 0.1) is 6.54 Å². The maximum atomic E-state index is 11.9. The predicted molar refractivity (Wildman–Crippen MR) is 78.7 cm³/mol. The molecular formula is C14H20ClN3O. The number of carbonyl (C=O) groups excluding carboxylic acids is 1. The first-order chi connectivity index (χ1) is 9.00. The van der Waals surface area contributed by atoms with Crippen LogP contribution in [0.4, 0.5) is 5.69 Å². The number of carbonyl (C=O) groups is 1. The van der Waals surface area contributed by atoms with Crippen LogP contribution in [0.2, 0.25) is 5.02 Å². The molecule has 4 nitrogen and oxygen atoms in total. The number of amides is 1. The van der Waals surface area contributed by atoms with Crippen molar-refractivity contribution in [2.75, 3.05) is 25.0 Å². The molecule has 1 aliphatic heterocycles. The number of hydrogen-bond donors (Lipinski definition) is 3. The number of benzene rings is 1. The van der Waals surface area contributed by atoms with Gasteiger partial charge >= 0.3 is 0 Å². The topological polar surface area (TPSA) is 53.2 Å². The molecule has 3 N–H and O–H groups in total. The summed E-state index contributed by atoms with van der Waals surface area (Å²) in [6, 6.07) is 5.51. The molecule has 0 aromatic heterocycles. The Kier molecular flexibility index (Phi) is 4.45. The van der Waals surface area contributed by atoms with E-state index in [-0.39, 0.29) is 11.4 Å². The fraction of sp³-hybridized carbons (Fsp3) is 0.500. The third-order valence-corrected chi connectivity index (χ3v) is 4.00. The van der Waals surface area contributed by atoms with E-state index in [0.717, 1.165) is 30.8 Å². The zero-order chi connectivity index (χ0) is 13.9. The molecule has 0 radical (unpaired) electrons. The lowest BCUT2D eigenvalue weighted by Crippen LogP contribution is -2.47. The van der Waals surface area contributed by atoms with E-state index < -0.39 is 0 Å². The standard InChI is InChI=1S/C14H20ClN3O/c1-10-11(15)4-3-5-12(10)18-13(19)8-17-14(2)6-7-16-9-14/h3-5,16-17H,6-9H2,1-2H3,(H,18,19). The average molecular weight is 282 g/mol. The second-order valence-electron chi connectivity index (χ2n) is 5.30. The van der Waals surface area contributed by atoms with Crippen LogP contribution in [0.1, 0.15) is 18.9 Å². The average Bonchev–Trinajstić information content (AvgIpc) is 2.80. The molecule has 1 amide bonds. The van der Waals surface area contributed by atoms with Crippen LogP contribution >= 0.6 is 11.6 Å². The number of halogens is 1. The van der Waals surface area contributed by atoms with Crippen LogP contribution in [0.25, 0.3) is 0 Å². The molecule has 2 rings (SSSR count). The molecule has 1 aliphatic rings. The van der Waals surface area contributed by atoms with Gasteiger partial charge in [-0.3, -0.25) is 4.79 Å². The minimum absolute atomic E-state index is 0.0146. The van der Waals surface area contributed by atoms with Crippen molar-refractivity contribution in [1.82, 2.24) is 10.6 Å². The van der Waals surface area contributed by atoms with Crippen LogP contribution in [-0.4, -0.2) is 31.1 Å². The SMILES string of the molecule is Cc1c(Cl)cccc1NC(=O)CNC1(C)CCNC1. The summed E-state index contributed by atoms with van der Waals surface area (Å²) in [5.74, 6) is -0.0431. The van der Waals surface area contributed by atoms with Gasteiger partial charge in [0.2, 0.25) is 5.91 Å². The van der Waals surface area contributed by atoms with Crippen molar-refractivity contribution in [3.8, 4) is 0 Å². The zero-order valence-electron chi connectivity index (χ0n) is 11.3. The lowest BCUT2D eigenvalue weighted by molar-refractivity contribution is -0.115. The minimum Gasteiger partial charge on any atom is -0.325 e. The summed E-state index contributed by atoms with van der Waals surface area (Å²) in [4.78, 5) is 11.9. The van der Waals surface area contributed by atoms with Crippen LogP contribution in [0.15, 0.2) is 18.2 Å². The smallest absolute Gasteiger partial charge is 0.238 e. The summed E-state index contributed by atoms with van der Waals surface area (Å²) in [6.45, 7) is 6.23. The largest absolute Gasteiger partial charge is 0.325 e. The van der Waals surface area contributed by atoms with E-state index in [4.69, 9.17) is 11.6 Å². The number of nitrogens with one attached hydrogen (secondary N) is 3. The first-order valence-corrected chi connectivity index (χ1v) is 6.89. The van der Waals surface area contributed by atoms with E-state index in [9.17, 15) is 4.79 Å². The van der Waals surface area contributed by atoms with Crippen molar-refractivity contribution in [2.45, 2.75) is 25.8 Å². The minimum atomic E-state index is -0.0431. The molecule has 0 saturated carbocycles. The molecule has 1 aromatic carbocycles. The fourth-order valence-corrected chi connectivity index (χ4v) is 2.37. The van der Waals surface area contributed by atoms with Crippen LogP contribution in [0, 0.1) is 6.92 Å². The molecule has 104 valence electrons. The second-order valence-corrected chi connectivity index (χ2v) is 5.71. The van der Waals surface area contributed by atoms with Crippen molar-refractivity contribution >= 4 is 23.2 Å². The van der Waals surface area contributed by atoms with E-state index >= 15 is 0 Å². The summed E-state index contributed by atoms with van der Waals surface area (Å²) in [6.07, 6.45) is 1.04. The second kappa shape index (κ2) is 5.90. The van der Waals surface area contributed by atoms with Gasteiger partial charge in [-0.15, -0.1) is 0 Å². The van der Waals surface area contributed by atoms with Gasteiger partial charge in [-0.2, -0.15) is 0 Å². The predicted octanol–water partition coefficient (Wildman–Crippen LogP) is 1.93. The molecule has 5 heteroatoms. The number of anilines is 1. The quantitative estimate of drug-likeness (QED) is 0.790. The molecular weight excluding hydrogens is 262 g/mol. The van der Waals surface area contributed by atoms with Crippen molar-refractivity contribution in [2.24, 2.45) is 0 Å². The Morgan fingerprint density at radius 1 is 1.53 bits per heavy atom. The fourth-order valence-electron chi connectivity index (χ4n) is 2.20. The van der Waals surface area contributed by atoms with Gasteiger partial charge in [0.15, 0.2) is 0 Å². The van der Waals surface area contributed by atoms with E-state index in [1.807, 2.05) is 25.1 Å². The van der Waals surface area contributed by atoms with Crippen LogP contribution in [0.3, 0.4) is 0 Å². The van der Waals surface area contributed by atoms with Gasteiger partial charge in [0.1, 0.15) is 0 Å². The highest BCUT2D eigenvalue weighted by Gasteiger charge is 2.28. The number of hydrogen-bond acceptors (Lipinski definition) is 3. The van der Waals surface area contributed by atoms with Crippen molar-refractivity contribution in [3.05, 3.63) is 28.8 Å². The van der Waals surface area contributed by atoms with E-state index in [2.05, 4.69) is 22.9 Å². The Morgan fingerprint density at radius 3 is 3.00 bits per heavy atom. The molecule has 1 heterocycles. The molecule has 1 aromatic rings. The molecule has 1 fully saturated rings. The Hall–Kier alpha value is -1.10. The van der Waals surface area contributed by atoms with Gasteiger partial charge in [0, 0.05) is 22.8 Å². The van der Waals surface area contributed by atoms with Gasteiger partial charge in [-0.1, -0.05) is 17.7 Å².